The van der Waals surface area contributed by atoms with Gasteiger partial charge >= 0.3 is 6.03 Å². The van der Waals surface area contributed by atoms with E-state index < -0.39 is 24.0 Å². The van der Waals surface area contributed by atoms with Crippen LogP contribution in [0.4, 0.5) is 15.0 Å². The first-order valence-electron chi connectivity index (χ1n) is 12.4. The van der Waals surface area contributed by atoms with Crippen LogP contribution in [0.3, 0.4) is 0 Å². The van der Waals surface area contributed by atoms with Gasteiger partial charge in [-0.3, -0.25) is 10.1 Å². The molecule has 1 aliphatic rings. The fourth-order valence-electron chi connectivity index (χ4n) is 5.23. The molecule has 0 spiro atoms. The highest BCUT2D eigenvalue weighted by Crippen LogP contribution is 2.42. The molecule has 4 aromatic rings. The average molecular weight is 516 g/mol. The number of carbonyl (C=O) groups is 1. The van der Waals surface area contributed by atoms with Crippen LogP contribution in [-0.2, 0) is 12.5 Å². The number of hydrogen-bond acceptors (Lipinski definition) is 4. The first-order chi connectivity index (χ1) is 18.0. The van der Waals surface area contributed by atoms with Gasteiger partial charge in [-0.15, -0.1) is 0 Å². The van der Waals surface area contributed by atoms with Crippen molar-refractivity contribution in [3.05, 3.63) is 99.7 Å². The Labute approximate surface area is 219 Å². The maximum absolute atomic E-state index is 14.2. The van der Waals surface area contributed by atoms with Gasteiger partial charge in [-0.25, -0.2) is 13.9 Å². The SMILES string of the molecule is Cc1c(-c2ccc(=O)n(C)c2)nn(-c2ccccc2)c1NC(=O)NC1c2cc(F)ccc2C(C)(C)CC1O. The number of halogens is 1. The number of carbonyl (C=O) groups excluding carboxylic acids is 1. The first kappa shape index (κ1) is 25.4. The van der Waals surface area contributed by atoms with Gasteiger partial charge in [0.15, 0.2) is 0 Å². The zero-order valence-corrected chi connectivity index (χ0v) is 21.7. The van der Waals surface area contributed by atoms with Crippen molar-refractivity contribution in [1.82, 2.24) is 19.7 Å². The summed E-state index contributed by atoms with van der Waals surface area (Å²) in [6.45, 7) is 5.82. The maximum Gasteiger partial charge on any atom is 0.320 e. The van der Waals surface area contributed by atoms with Crippen molar-refractivity contribution in [2.24, 2.45) is 7.05 Å². The van der Waals surface area contributed by atoms with Crippen molar-refractivity contribution in [3.63, 3.8) is 0 Å². The molecule has 0 aliphatic heterocycles. The van der Waals surface area contributed by atoms with Crippen molar-refractivity contribution in [3.8, 4) is 16.9 Å². The van der Waals surface area contributed by atoms with Crippen LogP contribution >= 0.6 is 0 Å². The van der Waals surface area contributed by atoms with Gasteiger partial charge in [0.25, 0.3) is 0 Å². The summed E-state index contributed by atoms with van der Waals surface area (Å²) in [4.78, 5) is 25.3. The summed E-state index contributed by atoms with van der Waals surface area (Å²) in [6.07, 6.45) is 1.21. The zero-order valence-electron chi connectivity index (χ0n) is 21.7. The number of urea groups is 1. The highest BCUT2D eigenvalue weighted by molar-refractivity contribution is 5.91. The molecule has 3 N–H and O–H groups in total. The second-order valence-electron chi connectivity index (χ2n) is 10.4. The second kappa shape index (κ2) is 9.57. The van der Waals surface area contributed by atoms with E-state index in [1.54, 1.807) is 30.1 Å². The fourth-order valence-corrected chi connectivity index (χ4v) is 5.23. The Morgan fingerprint density at radius 2 is 1.87 bits per heavy atom. The molecular weight excluding hydrogens is 485 g/mol. The molecule has 2 amide bonds. The van der Waals surface area contributed by atoms with Crippen LogP contribution in [0.15, 0.2) is 71.7 Å². The number of amides is 2. The molecule has 0 saturated carbocycles. The van der Waals surface area contributed by atoms with Crippen molar-refractivity contribution >= 4 is 11.8 Å². The van der Waals surface area contributed by atoms with Crippen molar-refractivity contribution < 1.29 is 14.3 Å². The maximum atomic E-state index is 14.2. The standard InChI is InChI=1S/C29H30FN5O3/c1-17-25(18-10-13-24(37)34(4)16-18)33-35(20-8-6-5-7-9-20)27(17)32-28(38)31-26-21-14-19(30)11-12-22(21)29(2,3)15-23(26)36/h5-14,16,23,26,36H,15H2,1-4H3,(H2,31,32,38). The van der Waals surface area contributed by atoms with E-state index in [4.69, 9.17) is 5.10 Å². The Morgan fingerprint density at radius 3 is 2.58 bits per heavy atom. The quantitative estimate of drug-likeness (QED) is 0.370. The number of para-hydroxylation sites is 1. The number of aryl methyl sites for hydroxylation is 1. The number of nitrogens with zero attached hydrogens (tertiary/aromatic N) is 3. The lowest BCUT2D eigenvalue weighted by Gasteiger charge is -2.40. The number of benzene rings is 2. The van der Waals surface area contributed by atoms with E-state index in [-0.39, 0.29) is 11.0 Å². The summed E-state index contributed by atoms with van der Waals surface area (Å²) in [5.41, 5.74) is 3.68. The molecule has 196 valence electrons. The molecular formula is C29H30FN5O3. The number of pyridine rings is 1. The number of aliphatic hydroxyl groups is 1. The monoisotopic (exact) mass is 515 g/mol. The summed E-state index contributed by atoms with van der Waals surface area (Å²) in [6, 6.07) is 15.7. The minimum absolute atomic E-state index is 0.141. The molecule has 8 nitrogen and oxygen atoms in total. The molecule has 1 aliphatic carbocycles. The molecule has 0 bridgehead atoms. The van der Waals surface area contributed by atoms with Crippen LogP contribution in [0.25, 0.3) is 16.9 Å². The number of hydrogen-bond donors (Lipinski definition) is 3. The summed E-state index contributed by atoms with van der Waals surface area (Å²) >= 11 is 0. The lowest BCUT2D eigenvalue weighted by atomic mass is 9.69. The minimum Gasteiger partial charge on any atom is -0.391 e. The molecule has 2 atom stereocenters. The Bertz CT molecular complexity index is 1580. The van der Waals surface area contributed by atoms with Crippen LogP contribution in [0.1, 0.15) is 43.0 Å². The molecule has 5 rings (SSSR count). The van der Waals surface area contributed by atoms with Gasteiger partial charge in [0, 0.05) is 30.4 Å². The first-order valence-corrected chi connectivity index (χ1v) is 12.4. The van der Waals surface area contributed by atoms with Crippen molar-refractivity contribution in [2.75, 3.05) is 5.32 Å². The van der Waals surface area contributed by atoms with E-state index in [9.17, 15) is 19.1 Å². The number of rotatable bonds is 4. The molecule has 0 saturated heterocycles. The van der Waals surface area contributed by atoms with Gasteiger partial charge in [0.05, 0.1) is 23.5 Å². The Kier molecular flexibility index (Phi) is 6.40. The second-order valence-corrected chi connectivity index (χ2v) is 10.4. The molecule has 2 aromatic heterocycles. The van der Waals surface area contributed by atoms with Crippen LogP contribution < -0.4 is 16.2 Å². The fraction of sp³-hybridized carbons (Fsp3) is 0.276. The summed E-state index contributed by atoms with van der Waals surface area (Å²) in [5.74, 6) is 0.00315. The van der Waals surface area contributed by atoms with Crippen LogP contribution in [0.2, 0.25) is 0 Å². The highest BCUT2D eigenvalue weighted by atomic mass is 19.1. The van der Waals surface area contributed by atoms with E-state index in [0.717, 1.165) is 16.8 Å². The third kappa shape index (κ3) is 4.61. The van der Waals surface area contributed by atoms with E-state index in [0.29, 0.717) is 29.1 Å². The van der Waals surface area contributed by atoms with Crippen LogP contribution in [0.5, 0.6) is 0 Å². The van der Waals surface area contributed by atoms with Gasteiger partial charge in [-0.2, -0.15) is 5.10 Å². The van der Waals surface area contributed by atoms with E-state index in [2.05, 4.69) is 10.6 Å². The van der Waals surface area contributed by atoms with Crippen LogP contribution in [0, 0.1) is 12.7 Å². The zero-order chi connectivity index (χ0) is 27.2. The van der Waals surface area contributed by atoms with Gasteiger partial charge in [-0.1, -0.05) is 38.1 Å². The largest absolute Gasteiger partial charge is 0.391 e. The van der Waals surface area contributed by atoms with Crippen LogP contribution in [-0.4, -0.2) is 31.6 Å². The highest BCUT2D eigenvalue weighted by Gasteiger charge is 2.39. The van der Waals surface area contributed by atoms with E-state index >= 15 is 0 Å². The summed E-state index contributed by atoms with van der Waals surface area (Å²) in [7, 11) is 1.67. The summed E-state index contributed by atoms with van der Waals surface area (Å²) in [5, 5.41) is 21.5. The van der Waals surface area contributed by atoms with Gasteiger partial charge in [0.2, 0.25) is 5.56 Å². The number of aliphatic hydroxyl groups excluding tert-OH is 1. The smallest absolute Gasteiger partial charge is 0.320 e. The molecule has 2 unspecified atom stereocenters. The predicted molar refractivity (Wildman–Crippen MR) is 144 cm³/mol. The molecule has 9 heteroatoms. The third-order valence-electron chi connectivity index (χ3n) is 7.18. The van der Waals surface area contributed by atoms with Gasteiger partial charge in [-0.05, 0) is 60.2 Å². The molecule has 38 heavy (non-hydrogen) atoms. The molecule has 2 aromatic carbocycles. The average Bonchev–Trinajstić information content (AvgIpc) is 3.19. The normalized spacial score (nSPS) is 18.1. The molecule has 0 radical (unpaired) electrons. The van der Waals surface area contributed by atoms with E-state index in [1.807, 2.05) is 51.1 Å². The number of fused-ring (bicyclic) bond motifs is 1. The molecule has 0 fully saturated rings. The molecule has 2 heterocycles. The lowest BCUT2D eigenvalue weighted by molar-refractivity contribution is 0.0881. The topological polar surface area (TPSA) is 101 Å². The van der Waals surface area contributed by atoms with Gasteiger partial charge < -0.3 is 15.0 Å². The Hall–Kier alpha value is -4.24. The number of aromatic nitrogens is 3. The Balaban J connectivity index is 1.51. The van der Waals surface area contributed by atoms with Crippen molar-refractivity contribution in [2.45, 2.75) is 44.8 Å². The predicted octanol–water partition coefficient (Wildman–Crippen LogP) is 4.59. The van der Waals surface area contributed by atoms with Gasteiger partial charge in [0.1, 0.15) is 11.6 Å². The lowest BCUT2D eigenvalue weighted by Crippen LogP contribution is -2.45. The number of nitrogens with one attached hydrogen (secondary N) is 2. The van der Waals surface area contributed by atoms with E-state index in [1.165, 1.54) is 22.8 Å². The Morgan fingerprint density at radius 1 is 1.13 bits per heavy atom. The van der Waals surface area contributed by atoms with Crippen molar-refractivity contribution in [1.29, 1.82) is 0 Å². The number of anilines is 1. The summed E-state index contributed by atoms with van der Waals surface area (Å²) < 4.78 is 17.3. The third-order valence-corrected chi connectivity index (χ3v) is 7.18. The minimum atomic E-state index is -0.897.